The topological polar surface area (TPSA) is 63.8 Å². The van der Waals surface area contributed by atoms with E-state index in [1.54, 1.807) is 0 Å². The summed E-state index contributed by atoms with van der Waals surface area (Å²) in [5, 5.41) is 3.40. The van der Waals surface area contributed by atoms with Crippen LogP contribution in [0.3, 0.4) is 0 Å². The van der Waals surface area contributed by atoms with Crippen molar-refractivity contribution in [3.8, 4) is 0 Å². The third-order valence-corrected chi connectivity index (χ3v) is 3.76. The minimum Gasteiger partial charge on any atom is -0.384 e. The van der Waals surface area contributed by atoms with Crippen LogP contribution in [0.15, 0.2) is 30.3 Å². The summed E-state index contributed by atoms with van der Waals surface area (Å²) in [6, 6.07) is 10.4. The van der Waals surface area contributed by atoms with E-state index in [4.69, 9.17) is 5.73 Å². The van der Waals surface area contributed by atoms with Crippen LogP contribution in [0.25, 0.3) is 0 Å². The normalized spacial score (nSPS) is 16.4. The number of aromatic nitrogens is 2. The summed E-state index contributed by atoms with van der Waals surface area (Å²) in [5.41, 5.74) is 8.75. The molecule has 1 aromatic carbocycles. The number of nitrogens with one attached hydrogen (secondary N) is 1. The molecule has 1 aliphatic carbocycles. The third-order valence-electron chi connectivity index (χ3n) is 3.76. The molecular weight excluding hydrogens is 248 g/mol. The number of fused-ring (bicyclic) bond motifs is 1. The van der Waals surface area contributed by atoms with Crippen LogP contribution in [-0.2, 0) is 12.8 Å². The van der Waals surface area contributed by atoms with E-state index in [2.05, 4.69) is 46.5 Å². The smallest absolute Gasteiger partial charge is 0.133 e. The Morgan fingerprint density at radius 2 is 2.15 bits per heavy atom. The van der Waals surface area contributed by atoms with Crippen molar-refractivity contribution >= 4 is 11.6 Å². The van der Waals surface area contributed by atoms with Gasteiger partial charge in [0.1, 0.15) is 17.5 Å². The number of nitrogens with two attached hydrogens (primary N) is 1. The van der Waals surface area contributed by atoms with Gasteiger partial charge in [-0.3, -0.25) is 0 Å². The number of benzene rings is 1. The van der Waals surface area contributed by atoms with Crippen molar-refractivity contribution in [3.63, 3.8) is 0 Å². The lowest BCUT2D eigenvalue weighted by Gasteiger charge is -2.30. The molecule has 0 fully saturated rings. The first-order valence-electron chi connectivity index (χ1n) is 7.21. The Morgan fingerprint density at radius 1 is 1.30 bits per heavy atom. The zero-order valence-electron chi connectivity index (χ0n) is 11.8. The maximum atomic E-state index is 5.83. The van der Waals surface area contributed by atoms with Gasteiger partial charge in [-0.15, -0.1) is 0 Å². The highest BCUT2D eigenvalue weighted by Gasteiger charge is 2.24. The predicted octanol–water partition coefficient (Wildman–Crippen LogP) is 2.76. The Balaban J connectivity index is 1.65. The molecule has 1 aliphatic rings. The largest absolute Gasteiger partial charge is 0.384 e. The van der Waals surface area contributed by atoms with Gasteiger partial charge in [-0.1, -0.05) is 31.2 Å². The molecule has 0 aliphatic heterocycles. The van der Waals surface area contributed by atoms with Gasteiger partial charge < -0.3 is 11.1 Å². The molecule has 3 N–H and O–H groups in total. The molecule has 3 rings (SSSR count). The molecule has 1 unspecified atom stereocenters. The molecule has 0 saturated carbocycles. The van der Waals surface area contributed by atoms with Gasteiger partial charge in [-0.2, -0.15) is 0 Å². The summed E-state index contributed by atoms with van der Waals surface area (Å²) in [6.45, 7) is 3.02. The molecular formula is C16H20N4. The molecule has 0 bridgehead atoms. The first-order chi connectivity index (χ1) is 9.76. The number of aryl methyl sites for hydroxylation is 1. The monoisotopic (exact) mass is 268 g/mol. The Morgan fingerprint density at radius 3 is 2.95 bits per heavy atom. The van der Waals surface area contributed by atoms with Gasteiger partial charge in [0.2, 0.25) is 0 Å². The zero-order valence-corrected chi connectivity index (χ0v) is 11.8. The van der Waals surface area contributed by atoms with Gasteiger partial charge in [0.25, 0.3) is 0 Å². The Hall–Kier alpha value is -2.10. The molecule has 0 saturated heterocycles. The molecule has 104 valence electrons. The zero-order chi connectivity index (χ0) is 13.9. The molecule has 4 nitrogen and oxygen atoms in total. The highest BCUT2D eigenvalue weighted by atomic mass is 15.0. The molecule has 4 heteroatoms. The van der Waals surface area contributed by atoms with Gasteiger partial charge in [-0.25, -0.2) is 9.97 Å². The van der Waals surface area contributed by atoms with Crippen molar-refractivity contribution in [1.29, 1.82) is 0 Å². The SMILES string of the molecule is CCCc1nc(N)cc(NCC2Cc3ccccc32)n1. The number of hydrogen-bond donors (Lipinski definition) is 2. The molecule has 1 heterocycles. The summed E-state index contributed by atoms with van der Waals surface area (Å²) in [4.78, 5) is 8.75. The van der Waals surface area contributed by atoms with Crippen LogP contribution < -0.4 is 11.1 Å². The first kappa shape index (κ1) is 12.9. The second-order valence-electron chi connectivity index (χ2n) is 5.33. The van der Waals surface area contributed by atoms with E-state index in [-0.39, 0.29) is 0 Å². The van der Waals surface area contributed by atoms with Gasteiger partial charge in [0, 0.05) is 24.9 Å². The fourth-order valence-electron chi connectivity index (χ4n) is 2.72. The number of rotatable bonds is 5. The van der Waals surface area contributed by atoms with Crippen molar-refractivity contribution < 1.29 is 0 Å². The van der Waals surface area contributed by atoms with Crippen molar-refractivity contribution in [1.82, 2.24) is 9.97 Å². The number of nitrogen functional groups attached to an aromatic ring is 1. The summed E-state index contributed by atoms with van der Waals surface area (Å²) in [5.74, 6) is 2.78. The minimum absolute atomic E-state index is 0.542. The van der Waals surface area contributed by atoms with Crippen LogP contribution in [0.1, 0.15) is 36.2 Å². The first-order valence-corrected chi connectivity index (χ1v) is 7.21. The maximum Gasteiger partial charge on any atom is 0.133 e. The summed E-state index contributed by atoms with van der Waals surface area (Å²) < 4.78 is 0. The Bertz CT molecular complexity index is 609. The van der Waals surface area contributed by atoms with E-state index >= 15 is 0 Å². The van der Waals surface area contributed by atoms with Crippen LogP contribution in [0.2, 0.25) is 0 Å². The van der Waals surface area contributed by atoms with E-state index in [0.29, 0.717) is 11.7 Å². The highest BCUT2D eigenvalue weighted by molar-refractivity contribution is 5.47. The lowest BCUT2D eigenvalue weighted by molar-refractivity contribution is 0.634. The predicted molar refractivity (Wildman–Crippen MR) is 81.8 cm³/mol. The van der Waals surface area contributed by atoms with Crippen molar-refractivity contribution in [3.05, 3.63) is 47.3 Å². The average molecular weight is 268 g/mol. The molecule has 20 heavy (non-hydrogen) atoms. The quantitative estimate of drug-likeness (QED) is 0.875. The van der Waals surface area contributed by atoms with Crippen molar-refractivity contribution in [2.24, 2.45) is 0 Å². The Labute approximate surface area is 119 Å². The van der Waals surface area contributed by atoms with Crippen LogP contribution in [0, 0.1) is 0 Å². The summed E-state index contributed by atoms with van der Waals surface area (Å²) in [6.07, 6.45) is 3.04. The van der Waals surface area contributed by atoms with Crippen LogP contribution in [0.5, 0.6) is 0 Å². The molecule has 0 spiro atoms. The molecule has 0 amide bonds. The average Bonchev–Trinajstić information content (AvgIpc) is 2.39. The van der Waals surface area contributed by atoms with E-state index in [9.17, 15) is 0 Å². The molecule has 2 aromatic rings. The lowest BCUT2D eigenvalue weighted by Crippen LogP contribution is -2.24. The van der Waals surface area contributed by atoms with Gasteiger partial charge in [-0.05, 0) is 24.0 Å². The van der Waals surface area contributed by atoms with Crippen LogP contribution in [-0.4, -0.2) is 16.5 Å². The standard InChI is InChI=1S/C16H20N4/c1-2-5-15-19-14(17)9-16(20-15)18-10-12-8-11-6-3-4-7-13(11)12/h3-4,6-7,9,12H,2,5,8,10H2,1H3,(H3,17,18,19,20). The van der Waals surface area contributed by atoms with Crippen LogP contribution >= 0.6 is 0 Å². The maximum absolute atomic E-state index is 5.83. The molecule has 1 aromatic heterocycles. The number of anilines is 2. The van der Waals surface area contributed by atoms with Crippen molar-refractivity contribution in [2.45, 2.75) is 32.1 Å². The second-order valence-corrected chi connectivity index (χ2v) is 5.33. The van der Waals surface area contributed by atoms with E-state index in [1.165, 1.54) is 11.1 Å². The summed E-state index contributed by atoms with van der Waals surface area (Å²) in [7, 11) is 0. The third kappa shape index (κ3) is 2.59. The van der Waals surface area contributed by atoms with E-state index in [0.717, 1.165) is 37.4 Å². The lowest BCUT2D eigenvalue weighted by atomic mass is 9.77. The van der Waals surface area contributed by atoms with E-state index < -0.39 is 0 Å². The number of hydrogen-bond acceptors (Lipinski definition) is 4. The van der Waals surface area contributed by atoms with Crippen molar-refractivity contribution in [2.75, 3.05) is 17.6 Å². The van der Waals surface area contributed by atoms with Crippen LogP contribution in [0.4, 0.5) is 11.6 Å². The van der Waals surface area contributed by atoms with Gasteiger partial charge in [0.15, 0.2) is 0 Å². The second kappa shape index (κ2) is 5.49. The van der Waals surface area contributed by atoms with Gasteiger partial charge >= 0.3 is 0 Å². The fourth-order valence-corrected chi connectivity index (χ4v) is 2.72. The minimum atomic E-state index is 0.542. The fraction of sp³-hybridized carbons (Fsp3) is 0.375. The number of nitrogens with zero attached hydrogens (tertiary/aromatic N) is 2. The van der Waals surface area contributed by atoms with Gasteiger partial charge in [0.05, 0.1) is 0 Å². The molecule has 1 atom stereocenters. The Kier molecular flexibility index (Phi) is 3.54. The highest BCUT2D eigenvalue weighted by Crippen LogP contribution is 2.34. The molecule has 0 radical (unpaired) electrons. The summed E-state index contributed by atoms with van der Waals surface area (Å²) >= 11 is 0. The van der Waals surface area contributed by atoms with E-state index in [1.807, 2.05) is 6.07 Å².